The fourth-order valence-corrected chi connectivity index (χ4v) is 2.46. The van der Waals surface area contributed by atoms with Crippen molar-refractivity contribution in [3.8, 4) is 0 Å². The lowest BCUT2D eigenvalue weighted by Crippen LogP contribution is -2.29. The third-order valence-electron chi connectivity index (χ3n) is 2.51. The maximum absolute atomic E-state index is 10.7. The van der Waals surface area contributed by atoms with Crippen LogP contribution in [0.2, 0.25) is 0 Å². The Balaban J connectivity index is 2.54. The fourth-order valence-electron chi connectivity index (χ4n) is 1.60. The first-order valence-electron chi connectivity index (χ1n) is 6.02. The van der Waals surface area contributed by atoms with Gasteiger partial charge in [0.15, 0.2) is 5.13 Å². The Labute approximate surface area is 112 Å². The summed E-state index contributed by atoms with van der Waals surface area (Å²) in [6, 6.07) is 0. The number of thiazole rings is 1. The Morgan fingerprint density at radius 3 is 2.61 bits per heavy atom. The van der Waals surface area contributed by atoms with Crippen molar-refractivity contribution in [2.45, 2.75) is 19.8 Å². The van der Waals surface area contributed by atoms with Gasteiger partial charge in [-0.05, 0) is 34.0 Å². The molecular weight excluding hydrogens is 250 g/mol. The van der Waals surface area contributed by atoms with Crippen LogP contribution < -0.4 is 4.90 Å². The van der Waals surface area contributed by atoms with Crippen LogP contribution in [-0.2, 0) is 4.79 Å². The lowest BCUT2D eigenvalue weighted by molar-refractivity contribution is -0.136. The number of nitrogens with zero attached hydrogens (tertiary/aromatic N) is 3. The Kier molecular flexibility index (Phi) is 6.07. The second kappa shape index (κ2) is 7.33. The molecule has 0 bridgehead atoms. The van der Waals surface area contributed by atoms with Crippen LogP contribution in [0.15, 0.2) is 5.38 Å². The van der Waals surface area contributed by atoms with Crippen molar-refractivity contribution in [3.63, 3.8) is 0 Å². The molecule has 0 spiro atoms. The van der Waals surface area contributed by atoms with E-state index in [1.54, 1.807) is 11.3 Å². The van der Waals surface area contributed by atoms with Gasteiger partial charge in [-0.3, -0.25) is 4.79 Å². The molecule has 1 aromatic rings. The van der Waals surface area contributed by atoms with E-state index in [0.717, 1.165) is 30.3 Å². The smallest absolute Gasteiger partial charge is 0.305 e. The first-order chi connectivity index (χ1) is 8.49. The van der Waals surface area contributed by atoms with Gasteiger partial charge >= 0.3 is 5.97 Å². The Hall–Kier alpha value is -1.14. The molecule has 0 aliphatic rings. The number of hydrogen-bond acceptors (Lipinski definition) is 5. The summed E-state index contributed by atoms with van der Waals surface area (Å²) in [7, 11) is 4.07. The predicted octanol–water partition coefficient (Wildman–Crippen LogP) is 1.68. The van der Waals surface area contributed by atoms with Gasteiger partial charge in [0.25, 0.3) is 0 Å². The van der Waals surface area contributed by atoms with Gasteiger partial charge in [-0.1, -0.05) is 0 Å². The molecule has 0 unspecified atom stereocenters. The molecule has 0 amide bonds. The topological polar surface area (TPSA) is 56.7 Å². The van der Waals surface area contributed by atoms with Crippen molar-refractivity contribution in [2.24, 2.45) is 0 Å². The first kappa shape index (κ1) is 14.9. The van der Waals surface area contributed by atoms with Crippen LogP contribution in [0.1, 0.15) is 18.5 Å². The number of aryl methyl sites for hydroxylation is 1. The van der Waals surface area contributed by atoms with Gasteiger partial charge in [0.05, 0.1) is 12.1 Å². The second-order valence-corrected chi connectivity index (χ2v) is 5.40. The van der Waals surface area contributed by atoms with Crippen LogP contribution in [0, 0.1) is 6.92 Å². The van der Waals surface area contributed by atoms with Gasteiger partial charge in [0.1, 0.15) is 0 Å². The molecule has 0 radical (unpaired) electrons. The van der Waals surface area contributed by atoms with Gasteiger partial charge in [0, 0.05) is 18.5 Å². The maximum atomic E-state index is 10.7. The summed E-state index contributed by atoms with van der Waals surface area (Å²) in [5, 5.41) is 11.7. The largest absolute Gasteiger partial charge is 0.481 e. The molecule has 0 atom stereocenters. The molecule has 18 heavy (non-hydrogen) atoms. The molecule has 0 aromatic carbocycles. The third-order valence-corrected chi connectivity index (χ3v) is 3.53. The van der Waals surface area contributed by atoms with Gasteiger partial charge in [-0.2, -0.15) is 0 Å². The minimum atomic E-state index is -0.763. The molecule has 0 aliphatic carbocycles. The molecule has 1 rings (SSSR count). The van der Waals surface area contributed by atoms with E-state index in [1.165, 1.54) is 0 Å². The second-order valence-electron chi connectivity index (χ2n) is 4.56. The number of rotatable bonds is 8. The molecule has 102 valence electrons. The Morgan fingerprint density at radius 2 is 2.11 bits per heavy atom. The highest BCUT2D eigenvalue weighted by Gasteiger charge is 2.11. The third kappa shape index (κ3) is 5.46. The van der Waals surface area contributed by atoms with E-state index in [0.29, 0.717) is 6.54 Å². The zero-order valence-electron chi connectivity index (χ0n) is 11.2. The van der Waals surface area contributed by atoms with Crippen LogP contribution in [0.25, 0.3) is 0 Å². The summed E-state index contributed by atoms with van der Waals surface area (Å²) in [6.07, 6.45) is 1.16. The standard InChI is InChI=1S/C12H21N3O2S/c1-10-9-18-12(13-10)15(8-5-11(16)17)7-4-6-14(2)3/h9H,4-8H2,1-3H3,(H,16,17). The minimum Gasteiger partial charge on any atom is -0.481 e. The van der Waals surface area contributed by atoms with Crippen LogP contribution >= 0.6 is 11.3 Å². The minimum absolute atomic E-state index is 0.153. The van der Waals surface area contributed by atoms with E-state index < -0.39 is 5.97 Å². The normalized spacial score (nSPS) is 10.9. The number of carbonyl (C=O) groups is 1. The Morgan fingerprint density at radius 1 is 1.39 bits per heavy atom. The van der Waals surface area contributed by atoms with Gasteiger partial charge in [0.2, 0.25) is 0 Å². The van der Waals surface area contributed by atoms with Crippen molar-refractivity contribution < 1.29 is 9.90 Å². The van der Waals surface area contributed by atoms with Crippen LogP contribution in [-0.4, -0.2) is 54.7 Å². The fraction of sp³-hybridized carbons (Fsp3) is 0.667. The first-order valence-corrected chi connectivity index (χ1v) is 6.90. The number of carboxylic acids is 1. The van der Waals surface area contributed by atoms with E-state index in [2.05, 4.69) is 14.8 Å². The molecule has 0 fully saturated rings. The molecule has 1 heterocycles. The highest BCUT2D eigenvalue weighted by Crippen LogP contribution is 2.20. The Bertz CT molecular complexity index is 379. The molecule has 5 nitrogen and oxygen atoms in total. The van der Waals surface area contributed by atoms with Crippen molar-refractivity contribution in [3.05, 3.63) is 11.1 Å². The molecule has 1 aromatic heterocycles. The van der Waals surface area contributed by atoms with Crippen molar-refractivity contribution in [1.29, 1.82) is 0 Å². The highest BCUT2D eigenvalue weighted by molar-refractivity contribution is 7.13. The van der Waals surface area contributed by atoms with E-state index in [-0.39, 0.29) is 6.42 Å². The SMILES string of the molecule is Cc1csc(N(CCCN(C)C)CCC(=O)O)n1. The molecule has 0 saturated heterocycles. The molecule has 6 heteroatoms. The predicted molar refractivity (Wildman–Crippen MR) is 74.5 cm³/mol. The van der Waals surface area contributed by atoms with E-state index >= 15 is 0 Å². The van der Waals surface area contributed by atoms with Gasteiger partial charge in [-0.15, -0.1) is 11.3 Å². The number of aromatic nitrogens is 1. The monoisotopic (exact) mass is 271 g/mol. The summed E-state index contributed by atoms with van der Waals surface area (Å²) in [5.41, 5.74) is 0.989. The number of anilines is 1. The molecule has 0 saturated carbocycles. The summed E-state index contributed by atoms with van der Waals surface area (Å²) >= 11 is 1.58. The highest BCUT2D eigenvalue weighted by atomic mass is 32.1. The molecule has 0 aliphatic heterocycles. The number of carboxylic acid groups (broad SMARTS) is 1. The zero-order valence-corrected chi connectivity index (χ0v) is 12.0. The summed E-state index contributed by atoms with van der Waals surface area (Å²) in [5.74, 6) is -0.763. The van der Waals surface area contributed by atoms with Crippen LogP contribution in [0.3, 0.4) is 0 Å². The van der Waals surface area contributed by atoms with Gasteiger partial charge < -0.3 is 14.9 Å². The number of hydrogen-bond donors (Lipinski definition) is 1. The summed E-state index contributed by atoms with van der Waals surface area (Å²) in [6.45, 7) is 4.32. The summed E-state index contributed by atoms with van der Waals surface area (Å²) in [4.78, 5) is 19.3. The van der Waals surface area contributed by atoms with E-state index in [9.17, 15) is 4.79 Å². The maximum Gasteiger partial charge on any atom is 0.305 e. The van der Waals surface area contributed by atoms with E-state index in [4.69, 9.17) is 5.11 Å². The molecular formula is C12H21N3O2S. The van der Waals surface area contributed by atoms with Crippen LogP contribution in [0.5, 0.6) is 0 Å². The van der Waals surface area contributed by atoms with Crippen molar-refractivity contribution in [1.82, 2.24) is 9.88 Å². The van der Waals surface area contributed by atoms with Crippen LogP contribution in [0.4, 0.5) is 5.13 Å². The molecule has 1 N–H and O–H groups in total. The summed E-state index contributed by atoms with van der Waals surface area (Å²) < 4.78 is 0. The van der Waals surface area contributed by atoms with E-state index in [1.807, 2.05) is 26.4 Å². The number of aliphatic carboxylic acids is 1. The van der Waals surface area contributed by atoms with Gasteiger partial charge in [-0.25, -0.2) is 4.98 Å². The average molecular weight is 271 g/mol. The lowest BCUT2D eigenvalue weighted by Gasteiger charge is -2.22. The quantitative estimate of drug-likeness (QED) is 0.779. The van der Waals surface area contributed by atoms with Crippen molar-refractivity contribution >= 4 is 22.4 Å². The lowest BCUT2D eigenvalue weighted by atomic mass is 10.3. The van der Waals surface area contributed by atoms with Crippen molar-refractivity contribution in [2.75, 3.05) is 38.6 Å². The average Bonchev–Trinajstić information content (AvgIpc) is 2.69. The zero-order chi connectivity index (χ0) is 13.5.